The maximum Gasteiger partial charge on any atom is 0.433 e. The predicted octanol–water partition coefficient (Wildman–Crippen LogP) is 4.65. The molecule has 29 heavy (non-hydrogen) atoms. The molecule has 154 valence electrons. The van der Waals surface area contributed by atoms with E-state index in [9.17, 15) is 13.2 Å². The SMILES string of the molecule is CC(C)c1cc(C(F)(F)F)n2nc([C@H]3CCCN(Cc4ccncc4)C3)cc2n1. The van der Waals surface area contributed by atoms with Crippen molar-refractivity contribution in [1.29, 1.82) is 0 Å². The number of pyridine rings is 1. The van der Waals surface area contributed by atoms with Crippen LogP contribution in [0.3, 0.4) is 0 Å². The zero-order valence-electron chi connectivity index (χ0n) is 16.5. The van der Waals surface area contributed by atoms with E-state index in [1.54, 1.807) is 18.5 Å². The molecule has 1 fully saturated rings. The van der Waals surface area contributed by atoms with Gasteiger partial charge in [0.05, 0.1) is 5.69 Å². The van der Waals surface area contributed by atoms with Gasteiger partial charge < -0.3 is 0 Å². The van der Waals surface area contributed by atoms with Crippen molar-refractivity contribution >= 4 is 5.65 Å². The molecule has 1 atom stereocenters. The lowest BCUT2D eigenvalue weighted by molar-refractivity contribution is -0.142. The summed E-state index contributed by atoms with van der Waals surface area (Å²) in [7, 11) is 0. The molecule has 3 aromatic rings. The highest BCUT2D eigenvalue weighted by atomic mass is 19.4. The molecule has 0 bridgehead atoms. The monoisotopic (exact) mass is 403 g/mol. The molecule has 1 aliphatic rings. The van der Waals surface area contributed by atoms with E-state index in [4.69, 9.17) is 0 Å². The molecular formula is C21H24F3N5. The van der Waals surface area contributed by atoms with Gasteiger partial charge in [-0.25, -0.2) is 9.50 Å². The number of fused-ring (bicyclic) bond motifs is 1. The zero-order valence-corrected chi connectivity index (χ0v) is 16.5. The van der Waals surface area contributed by atoms with E-state index in [0.717, 1.165) is 43.1 Å². The van der Waals surface area contributed by atoms with Crippen molar-refractivity contribution in [3.8, 4) is 0 Å². The van der Waals surface area contributed by atoms with E-state index in [1.807, 2.05) is 26.0 Å². The Morgan fingerprint density at radius 2 is 1.93 bits per heavy atom. The summed E-state index contributed by atoms with van der Waals surface area (Å²) in [5.74, 6) is 0.000792. The van der Waals surface area contributed by atoms with E-state index in [2.05, 4.69) is 20.0 Å². The van der Waals surface area contributed by atoms with Crippen LogP contribution in [0.5, 0.6) is 0 Å². The number of aromatic nitrogens is 4. The van der Waals surface area contributed by atoms with Gasteiger partial charge in [-0.05, 0) is 49.1 Å². The van der Waals surface area contributed by atoms with Gasteiger partial charge in [-0.15, -0.1) is 0 Å². The Bertz CT molecular complexity index is 981. The van der Waals surface area contributed by atoms with Crippen LogP contribution >= 0.6 is 0 Å². The number of hydrogen-bond donors (Lipinski definition) is 0. The van der Waals surface area contributed by atoms with Crippen LogP contribution in [0.25, 0.3) is 5.65 Å². The summed E-state index contributed by atoms with van der Waals surface area (Å²) in [5, 5.41) is 4.34. The molecular weight excluding hydrogens is 379 g/mol. The lowest BCUT2D eigenvalue weighted by atomic mass is 9.94. The molecule has 0 saturated carbocycles. The summed E-state index contributed by atoms with van der Waals surface area (Å²) in [4.78, 5) is 10.8. The molecule has 0 radical (unpaired) electrons. The number of rotatable bonds is 4. The van der Waals surface area contributed by atoms with Crippen LogP contribution in [0.1, 0.15) is 61.2 Å². The Kier molecular flexibility index (Phi) is 5.29. The minimum Gasteiger partial charge on any atom is -0.298 e. The fraction of sp³-hybridized carbons (Fsp3) is 0.476. The number of nitrogens with zero attached hydrogens (tertiary/aromatic N) is 5. The summed E-state index contributed by atoms with van der Waals surface area (Å²) in [5.41, 5.74) is 1.80. The van der Waals surface area contributed by atoms with Gasteiger partial charge in [-0.3, -0.25) is 9.88 Å². The molecule has 5 nitrogen and oxygen atoms in total. The lowest BCUT2D eigenvalue weighted by Gasteiger charge is -2.31. The maximum atomic E-state index is 13.6. The first-order valence-electron chi connectivity index (χ1n) is 9.90. The van der Waals surface area contributed by atoms with Crippen LogP contribution in [0, 0.1) is 0 Å². The molecule has 0 aromatic carbocycles. The summed E-state index contributed by atoms with van der Waals surface area (Å²) in [6, 6.07) is 6.82. The van der Waals surface area contributed by atoms with Crippen molar-refractivity contribution in [2.45, 2.75) is 51.2 Å². The minimum atomic E-state index is -4.48. The molecule has 0 amide bonds. The van der Waals surface area contributed by atoms with Crippen molar-refractivity contribution in [2.75, 3.05) is 13.1 Å². The second-order valence-electron chi connectivity index (χ2n) is 7.99. The number of halogens is 3. The van der Waals surface area contributed by atoms with Crippen LogP contribution in [0.4, 0.5) is 13.2 Å². The van der Waals surface area contributed by atoms with Gasteiger partial charge in [0, 0.05) is 43.2 Å². The second kappa shape index (κ2) is 7.74. The van der Waals surface area contributed by atoms with Gasteiger partial charge in [-0.1, -0.05) is 13.8 Å². The van der Waals surface area contributed by atoms with Crippen molar-refractivity contribution in [2.24, 2.45) is 0 Å². The first-order chi connectivity index (χ1) is 13.8. The molecule has 0 aliphatic carbocycles. The quantitative estimate of drug-likeness (QED) is 0.636. The van der Waals surface area contributed by atoms with Crippen LogP contribution in [-0.2, 0) is 12.7 Å². The Morgan fingerprint density at radius 3 is 2.62 bits per heavy atom. The van der Waals surface area contributed by atoms with Gasteiger partial charge in [0.2, 0.25) is 0 Å². The summed E-state index contributed by atoms with van der Waals surface area (Å²) in [6.07, 6.45) is 0.967. The third-order valence-corrected chi connectivity index (χ3v) is 5.43. The Morgan fingerprint density at radius 1 is 1.17 bits per heavy atom. The molecule has 4 rings (SSSR count). The minimum absolute atomic E-state index is 0.0926. The average molecular weight is 403 g/mol. The highest BCUT2D eigenvalue weighted by Gasteiger charge is 2.36. The van der Waals surface area contributed by atoms with Gasteiger partial charge >= 0.3 is 6.18 Å². The van der Waals surface area contributed by atoms with Gasteiger partial charge in [0.1, 0.15) is 5.69 Å². The molecule has 4 heterocycles. The normalized spacial score (nSPS) is 18.6. The van der Waals surface area contributed by atoms with Gasteiger partial charge in [0.15, 0.2) is 5.65 Å². The molecule has 8 heteroatoms. The zero-order chi connectivity index (χ0) is 20.6. The standard InChI is InChI=1S/C21H24F3N5/c1-14(2)17-10-19(21(22,23)24)29-20(26-17)11-18(27-29)16-4-3-9-28(13-16)12-15-5-7-25-8-6-15/h5-8,10-11,14,16H,3-4,9,12-13H2,1-2H3/t16-/m0/s1. The van der Waals surface area contributed by atoms with Crippen molar-refractivity contribution in [3.63, 3.8) is 0 Å². The van der Waals surface area contributed by atoms with E-state index in [-0.39, 0.29) is 17.5 Å². The second-order valence-corrected chi connectivity index (χ2v) is 7.99. The third-order valence-electron chi connectivity index (χ3n) is 5.43. The van der Waals surface area contributed by atoms with Crippen molar-refractivity contribution in [1.82, 2.24) is 24.5 Å². The third kappa shape index (κ3) is 4.27. The first kappa shape index (κ1) is 19.8. The highest BCUT2D eigenvalue weighted by molar-refractivity contribution is 5.44. The number of hydrogen-bond acceptors (Lipinski definition) is 4. The Balaban J connectivity index is 1.63. The number of piperidine rings is 1. The van der Waals surface area contributed by atoms with Crippen LogP contribution < -0.4 is 0 Å². The average Bonchev–Trinajstić information content (AvgIpc) is 3.11. The number of alkyl halides is 3. The summed E-state index contributed by atoms with van der Waals surface area (Å²) in [6.45, 7) is 6.22. The Hall–Kier alpha value is -2.48. The van der Waals surface area contributed by atoms with Crippen LogP contribution in [0.2, 0.25) is 0 Å². The van der Waals surface area contributed by atoms with E-state index in [1.165, 1.54) is 5.56 Å². The topological polar surface area (TPSA) is 46.3 Å². The molecule has 0 N–H and O–H groups in total. The molecule has 3 aromatic heterocycles. The maximum absolute atomic E-state index is 13.6. The smallest absolute Gasteiger partial charge is 0.298 e. The molecule has 1 aliphatic heterocycles. The van der Waals surface area contributed by atoms with Crippen LogP contribution in [-0.4, -0.2) is 37.6 Å². The number of likely N-dealkylation sites (tertiary alicyclic amines) is 1. The van der Waals surface area contributed by atoms with Crippen LogP contribution in [0.15, 0.2) is 36.7 Å². The van der Waals surface area contributed by atoms with Crippen molar-refractivity contribution < 1.29 is 13.2 Å². The van der Waals surface area contributed by atoms with E-state index in [0.29, 0.717) is 11.4 Å². The van der Waals surface area contributed by atoms with E-state index < -0.39 is 11.9 Å². The summed E-state index contributed by atoms with van der Waals surface area (Å²) < 4.78 is 41.8. The van der Waals surface area contributed by atoms with Gasteiger partial charge in [-0.2, -0.15) is 18.3 Å². The predicted molar refractivity (Wildman–Crippen MR) is 104 cm³/mol. The Labute approximate surface area is 167 Å². The fourth-order valence-corrected chi connectivity index (χ4v) is 3.90. The van der Waals surface area contributed by atoms with E-state index >= 15 is 0 Å². The van der Waals surface area contributed by atoms with Crippen molar-refractivity contribution in [3.05, 3.63) is 59.3 Å². The largest absolute Gasteiger partial charge is 0.433 e. The molecule has 0 spiro atoms. The lowest BCUT2D eigenvalue weighted by Crippen LogP contribution is -2.34. The molecule has 1 saturated heterocycles. The summed E-state index contributed by atoms with van der Waals surface area (Å²) >= 11 is 0. The highest BCUT2D eigenvalue weighted by Crippen LogP contribution is 2.33. The fourth-order valence-electron chi connectivity index (χ4n) is 3.90. The first-order valence-corrected chi connectivity index (χ1v) is 9.90. The van der Waals surface area contributed by atoms with Gasteiger partial charge in [0.25, 0.3) is 0 Å². The molecule has 0 unspecified atom stereocenters.